The molecule has 12 heavy (non-hydrogen) atoms. The first-order valence-corrected chi connectivity index (χ1v) is 4.11. The lowest BCUT2D eigenvalue weighted by atomic mass is 10.0. The highest BCUT2D eigenvalue weighted by Crippen LogP contribution is 2.12. The third-order valence-electron chi connectivity index (χ3n) is 1.89. The summed E-state index contributed by atoms with van der Waals surface area (Å²) in [5.74, 6) is -0.547. The summed E-state index contributed by atoms with van der Waals surface area (Å²) in [4.78, 5) is 23.7. The molecule has 1 N–H and O–H groups in total. The fraction of sp³-hybridized carbons (Fsp3) is 0.571. The van der Waals surface area contributed by atoms with E-state index in [2.05, 4.69) is 5.32 Å². The second-order valence-electron chi connectivity index (χ2n) is 2.65. The summed E-state index contributed by atoms with van der Waals surface area (Å²) >= 11 is 4.85. The van der Waals surface area contributed by atoms with Crippen molar-refractivity contribution in [2.75, 3.05) is 7.05 Å². The minimum absolute atomic E-state index is 0.216. The third kappa shape index (κ3) is 1.32. The summed E-state index contributed by atoms with van der Waals surface area (Å²) in [5.41, 5.74) is 0. The Kier molecular flexibility index (Phi) is 2.42. The van der Waals surface area contributed by atoms with Gasteiger partial charge in [0.05, 0.1) is 10.9 Å². The topological polar surface area (TPSA) is 49.4 Å². The molecule has 1 rings (SSSR count). The number of rotatable bonds is 1. The van der Waals surface area contributed by atoms with Crippen molar-refractivity contribution in [2.45, 2.75) is 13.3 Å². The van der Waals surface area contributed by atoms with Crippen LogP contribution in [0.1, 0.15) is 13.3 Å². The van der Waals surface area contributed by atoms with Gasteiger partial charge >= 0.3 is 6.03 Å². The van der Waals surface area contributed by atoms with Crippen LogP contribution >= 0.6 is 12.2 Å². The predicted octanol–water partition coefficient (Wildman–Crippen LogP) is 0.522. The monoisotopic (exact) mass is 186 g/mol. The predicted molar refractivity (Wildman–Crippen MR) is 47.7 cm³/mol. The van der Waals surface area contributed by atoms with Crippen LogP contribution < -0.4 is 5.32 Å². The lowest BCUT2D eigenvalue weighted by Crippen LogP contribution is -2.55. The minimum atomic E-state index is -0.435. The van der Waals surface area contributed by atoms with Gasteiger partial charge in [0.1, 0.15) is 0 Å². The van der Waals surface area contributed by atoms with E-state index in [-0.39, 0.29) is 11.8 Å². The standard InChI is InChI=1S/C7H10N2O2S/c1-3-4-5(12)8-7(11)9(2)6(4)10/h4H,3H2,1-2H3,(H,8,11,12). The summed E-state index contributed by atoms with van der Waals surface area (Å²) in [6, 6.07) is -0.435. The summed E-state index contributed by atoms with van der Waals surface area (Å²) in [7, 11) is 1.45. The highest BCUT2D eigenvalue weighted by Gasteiger charge is 2.34. The molecule has 1 aliphatic rings. The van der Waals surface area contributed by atoms with Crippen molar-refractivity contribution in [1.29, 1.82) is 0 Å². The second-order valence-corrected chi connectivity index (χ2v) is 3.09. The van der Waals surface area contributed by atoms with Gasteiger partial charge in [-0.3, -0.25) is 9.69 Å². The van der Waals surface area contributed by atoms with E-state index in [0.29, 0.717) is 11.4 Å². The lowest BCUT2D eigenvalue weighted by molar-refractivity contribution is -0.129. The van der Waals surface area contributed by atoms with Gasteiger partial charge < -0.3 is 5.32 Å². The molecule has 0 aromatic rings. The maximum atomic E-state index is 11.4. The van der Waals surface area contributed by atoms with E-state index in [4.69, 9.17) is 12.2 Å². The summed E-state index contributed by atoms with van der Waals surface area (Å²) < 4.78 is 0. The number of nitrogens with one attached hydrogen (secondary N) is 1. The Morgan fingerprint density at radius 3 is 2.67 bits per heavy atom. The molecule has 1 atom stereocenters. The normalized spacial score (nSPS) is 24.3. The van der Waals surface area contributed by atoms with Gasteiger partial charge in [-0.15, -0.1) is 0 Å². The van der Waals surface area contributed by atoms with Crippen LogP contribution in [-0.2, 0) is 4.79 Å². The molecule has 1 unspecified atom stereocenters. The number of imide groups is 1. The first-order valence-electron chi connectivity index (χ1n) is 3.70. The van der Waals surface area contributed by atoms with Gasteiger partial charge in [-0.25, -0.2) is 4.79 Å². The van der Waals surface area contributed by atoms with E-state index in [9.17, 15) is 9.59 Å². The summed E-state index contributed by atoms with van der Waals surface area (Å²) in [6.45, 7) is 1.86. The van der Waals surface area contributed by atoms with Gasteiger partial charge in [-0.1, -0.05) is 19.1 Å². The molecule has 3 amide bonds. The van der Waals surface area contributed by atoms with Gasteiger partial charge in [0.15, 0.2) is 0 Å². The number of amides is 3. The number of thiocarbonyl (C=S) groups is 1. The third-order valence-corrected chi connectivity index (χ3v) is 2.27. The Hall–Kier alpha value is -0.970. The minimum Gasteiger partial charge on any atom is -0.301 e. The maximum absolute atomic E-state index is 11.4. The van der Waals surface area contributed by atoms with Gasteiger partial charge in [-0.2, -0.15) is 0 Å². The molecule has 0 aromatic heterocycles. The van der Waals surface area contributed by atoms with E-state index >= 15 is 0 Å². The molecule has 66 valence electrons. The molecule has 0 bridgehead atoms. The van der Waals surface area contributed by atoms with E-state index in [1.807, 2.05) is 6.92 Å². The van der Waals surface area contributed by atoms with Gasteiger partial charge in [0.2, 0.25) is 5.91 Å². The molecule has 1 fully saturated rings. The number of hydrogen-bond acceptors (Lipinski definition) is 3. The van der Waals surface area contributed by atoms with Crippen LogP contribution in [0.25, 0.3) is 0 Å². The fourth-order valence-corrected chi connectivity index (χ4v) is 1.44. The highest BCUT2D eigenvalue weighted by atomic mass is 32.1. The molecule has 4 nitrogen and oxygen atoms in total. The van der Waals surface area contributed by atoms with Crippen LogP contribution in [0.5, 0.6) is 0 Å². The molecule has 1 saturated heterocycles. The van der Waals surface area contributed by atoms with Crippen molar-refractivity contribution in [3.63, 3.8) is 0 Å². The Balaban J connectivity index is 2.86. The first-order chi connectivity index (χ1) is 5.57. The molecule has 0 radical (unpaired) electrons. The van der Waals surface area contributed by atoms with Crippen molar-refractivity contribution in [2.24, 2.45) is 5.92 Å². The van der Waals surface area contributed by atoms with Gasteiger partial charge in [0.25, 0.3) is 0 Å². The average molecular weight is 186 g/mol. The quantitative estimate of drug-likeness (QED) is 0.607. The number of carbonyl (C=O) groups excluding carboxylic acids is 2. The number of nitrogens with zero attached hydrogens (tertiary/aromatic N) is 1. The molecular formula is C7H10N2O2S. The van der Waals surface area contributed by atoms with Crippen LogP contribution in [0, 0.1) is 5.92 Å². The maximum Gasteiger partial charge on any atom is 0.328 e. The highest BCUT2D eigenvalue weighted by molar-refractivity contribution is 7.80. The molecule has 0 aromatic carbocycles. The Bertz CT molecular complexity index is 252. The van der Waals surface area contributed by atoms with E-state index in [1.54, 1.807) is 0 Å². The van der Waals surface area contributed by atoms with Crippen LogP contribution in [0.2, 0.25) is 0 Å². The molecule has 0 aliphatic carbocycles. The Morgan fingerprint density at radius 2 is 2.17 bits per heavy atom. The first kappa shape index (κ1) is 9.12. The molecular weight excluding hydrogens is 176 g/mol. The smallest absolute Gasteiger partial charge is 0.301 e. The van der Waals surface area contributed by atoms with Gasteiger partial charge in [0, 0.05) is 7.05 Å². The van der Waals surface area contributed by atoms with Crippen LogP contribution in [-0.4, -0.2) is 28.9 Å². The van der Waals surface area contributed by atoms with Crippen molar-refractivity contribution in [3.8, 4) is 0 Å². The summed E-state index contributed by atoms with van der Waals surface area (Å²) in [5, 5.41) is 2.46. The van der Waals surface area contributed by atoms with Crippen LogP contribution in [0.4, 0.5) is 4.79 Å². The van der Waals surface area contributed by atoms with E-state index in [0.717, 1.165) is 4.90 Å². The second kappa shape index (κ2) is 3.18. The molecule has 1 heterocycles. The number of urea groups is 1. The summed E-state index contributed by atoms with van der Waals surface area (Å²) in [6.07, 6.45) is 0.627. The fourth-order valence-electron chi connectivity index (χ4n) is 1.08. The largest absolute Gasteiger partial charge is 0.328 e. The van der Waals surface area contributed by atoms with Crippen molar-refractivity contribution in [1.82, 2.24) is 10.2 Å². The van der Waals surface area contributed by atoms with Crippen LogP contribution in [0.15, 0.2) is 0 Å². The van der Waals surface area contributed by atoms with Crippen molar-refractivity contribution < 1.29 is 9.59 Å². The molecule has 1 aliphatic heterocycles. The SMILES string of the molecule is CCC1C(=O)N(C)C(=O)NC1=S. The van der Waals surface area contributed by atoms with Crippen molar-refractivity contribution >= 4 is 29.1 Å². The zero-order valence-corrected chi connectivity index (χ0v) is 7.77. The lowest BCUT2D eigenvalue weighted by Gasteiger charge is -2.28. The van der Waals surface area contributed by atoms with E-state index < -0.39 is 6.03 Å². The Morgan fingerprint density at radius 1 is 1.58 bits per heavy atom. The molecule has 0 saturated carbocycles. The zero-order chi connectivity index (χ0) is 9.30. The van der Waals surface area contributed by atoms with Gasteiger partial charge in [-0.05, 0) is 6.42 Å². The average Bonchev–Trinajstić information content (AvgIpc) is 2.01. The van der Waals surface area contributed by atoms with Crippen LogP contribution in [0.3, 0.4) is 0 Å². The van der Waals surface area contributed by atoms with Crippen molar-refractivity contribution in [3.05, 3.63) is 0 Å². The molecule has 5 heteroatoms. The molecule has 0 spiro atoms. The Labute approximate surface area is 75.9 Å². The van der Waals surface area contributed by atoms with E-state index in [1.165, 1.54) is 7.05 Å². The zero-order valence-electron chi connectivity index (χ0n) is 6.96. The number of hydrogen-bond donors (Lipinski definition) is 1. The number of carbonyl (C=O) groups is 2.